The molecule has 0 saturated heterocycles. The summed E-state index contributed by atoms with van der Waals surface area (Å²) in [5.74, 6) is -1.81. The molecule has 0 bridgehead atoms. The van der Waals surface area contributed by atoms with Gasteiger partial charge in [-0.3, -0.25) is 14.9 Å². The highest BCUT2D eigenvalue weighted by molar-refractivity contribution is 6.34. The first-order valence-corrected chi connectivity index (χ1v) is 7.41. The van der Waals surface area contributed by atoms with E-state index in [1.54, 1.807) is 6.07 Å². The molecule has 2 aromatic carbocycles. The van der Waals surface area contributed by atoms with Gasteiger partial charge in [0.25, 0.3) is 11.6 Å². The number of aromatic hydroxyl groups is 1. The first-order chi connectivity index (χ1) is 11.8. The van der Waals surface area contributed by atoms with Crippen LogP contribution in [0.15, 0.2) is 42.5 Å². The number of rotatable bonds is 5. The molecule has 2 N–H and O–H groups in total. The van der Waals surface area contributed by atoms with E-state index in [9.17, 15) is 24.8 Å². The predicted molar refractivity (Wildman–Crippen MR) is 89.7 cm³/mol. The Morgan fingerprint density at radius 2 is 1.96 bits per heavy atom. The zero-order valence-electron chi connectivity index (χ0n) is 12.9. The summed E-state index contributed by atoms with van der Waals surface area (Å²) >= 11 is 5.88. The van der Waals surface area contributed by atoms with E-state index in [0.29, 0.717) is 0 Å². The molecule has 0 fully saturated rings. The van der Waals surface area contributed by atoms with E-state index in [1.807, 2.05) is 0 Å². The highest BCUT2D eigenvalue weighted by atomic mass is 35.5. The minimum absolute atomic E-state index is 0.0261. The zero-order valence-corrected chi connectivity index (χ0v) is 13.7. The van der Waals surface area contributed by atoms with E-state index in [2.05, 4.69) is 5.32 Å². The third kappa shape index (κ3) is 4.45. The molecule has 9 heteroatoms. The summed E-state index contributed by atoms with van der Waals surface area (Å²) in [4.78, 5) is 34.1. The van der Waals surface area contributed by atoms with Crippen molar-refractivity contribution in [2.75, 3.05) is 5.32 Å². The molecule has 1 atom stereocenters. The van der Waals surface area contributed by atoms with Crippen molar-refractivity contribution in [1.29, 1.82) is 0 Å². The second-order valence-electron chi connectivity index (χ2n) is 4.98. The normalized spacial score (nSPS) is 11.4. The monoisotopic (exact) mass is 364 g/mol. The van der Waals surface area contributed by atoms with Crippen LogP contribution in [0.3, 0.4) is 0 Å². The Morgan fingerprint density at radius 1 is 1.28 bits per heavy atom. The summed E-state index contributed by atoms with van der Waals surface area (Å²) in [7, 11) is 0. The number of non-ortho nitro benzene ring substituents is 1. The van der Waals surface area contributed by atoms with Crippen molar-refractivity contribution in [2.24, 2.45) is 0 Å². The van der Waals surface area contributed by atoms with Crippen LogP contribution in [0.1, 0.15) is 17.3 Å². The Bertz CT molecular complexity index is 839. The van der Waals surface area contributed by atoms with Gasteiger partial charge >= 0.3 is 5.97 Å². The summed E-state index contributed by atoms with van der Waals surface area (Å²) < 4.78 is 4.99. The smallest absolute Gasteiger partial charge is 0.342 e. The summed E-state index contributed by atoms with van der Waals surface area (Å²) in [6.07, 6.45) is -1.18. The Labute approximate surface area is 147 Å². The number of para-hydroxylation sites is 1. The molecule has 130 valence electrons. The van der Waals surface area contributed by atoms with Crippen molar-refractivity contribution in [1.82, 2.24) is 0 Å². The van der Waals surface area contributed by atoms with Crippen molar-refractivity contribution in [2.45, 2.75) is 13.0 Å². The second kappa shape index (κ2) is 7.63. The third-order valence-corrected chi connectivity index (χ3v) is 3.51. The number of nitro benzene ring substituents is 1. The number of carbonyl (C=O) groups excluding carboxylic acids is 2. The number of halogens is 1. The molecule has 1 amide bonds. The van der Waals surface area contributed by atoms with Gasteiger partial charge in [-0.15, -0.1) is 0 Å². The Balaban J connectivity index is 2.04. The standard InChI is InChI=1S/C16H13ClN2O6/c1-9(25-16(22)11-4-2-3-5-14(11)20)15(21)18-13-7-6-10(19(23)24)8-12(13)17/h2-9,20H,1H3,(H,18,21). The van der Waals surface area contributed by atoms with E-state index in [-0.39, 0.29) is 27.7 Å². The fourth-order valence-corrected chi connectivity index (χ4v) is 2.10. The summed E-state index contributed by atoms with van der Waals surface area (Å²) in [6, 6.07) is 9.30. The highest BCUT2D eigenvalue weighted by Gasteiger charge is 2.22. The largest absolute Gasteiger partial charge is 0.507 e. The molecule has 25 heavy (non-hydrogen) atoms. The maximum atomic E-state index is 12.1. The molecule has 8 nitrogen and oxygen atoms in total. The van der Waals surface area contributed by atoms with Crippen molar-refractivity contribution >= 4 is 34.9 Å². The number of ether oxygens (including phenoxy) is 1. The van der Waals surface area contributed by atoms with Crippen molar-refractivity contribution < 1.29 is 24.4 Å². The fourth-order valence-electron chi connectivity index (χ4n) is 1.88. The quantitative estimate of drug-likeness (QED) is 0.478. The number of nitrogens with one attached hydrogen (secondary N) is 1. The number of nitro groups is 1. The number of amides is 1. The molecule has 0 saturated carbocycles. The van der Waals surface area contributed by atoms with Crippen LogP contribution < -0.4 is 5.32 Å². The fraction of sp³-hybridized carbons (Fsp3) is 0.125. The second-order valence-corrected chi connectivity index (χ2v) is 5.38. The lowest BCUT2D eigenvalue weighted by molar-refractivity contribution is -0.384. The van der Waals surface area contributed by atoms with Gasteiger partial charge in [0.2, 0.25) is 0 Å². The lowest BCUT2D eigenvalue weighted by Crippen LogP contribution is -2.30. The van der Waals surface area contributed by atoms with Crippen molar-refractivity contribution in [3.8, 4) is 5.75 Å². The first-order valence-electron chi connectivity index (χ1n) is 7.03. The van der Waals surface area contributed by atoms with Gasteiger partial charge < -0.3 is 15.2 Å². The predicted octanol–water partition coefficient (Wildman–Crippen LogP) is 3.14. The SMILES string of the molecule is CC(OC(=O)c1ccccc1O)C(=O)Nc1ccc([N+](=O)[O-])cc1Cl. The van der Waals surface area contributed by atoms with Gasteiger partial charge in [-0.1, -0.05) is 23.7 Å². The summed E-state index contributed by atoms with van der Waals surface area (Å²) in [6.45, 7) is 1.34. The molecule has 2 aromatic rings. The number of phenols is 1. The molecule has 0 aromatic heterocycles. The molecule has 0 aliphatic rings. The third-order valence-electron chi connectivity index (χ3n) is 3.20. The number of nitrogens with zero attached hydrogens (tertiary/aromatic N) is 1. The van der Waals surface area contributed by atoms with Crippen molar-refractivity contribution in [3.05, 3.63) is 63.2 Å². The van der Waals surface area contributed by atoms with Crippen LogP contribution in [0.25, 0.3) is 0 Å². The number of hydrogen-bond donors (Lipinski definition) is 2. The maximum Gasteiger partial charge on any atom is 0.342 e. The van der Waals surface area contributed by atoms with Crippen LogP contribution in [-0.2, 0) is 9.53 Å². The van der Waals surface area contributed by atoms with Gasteiger partial charge in [-0.2, -0.15) is 0 Å². The summed E-state index contributed by atoms with van der Waals surface area (Å²) in [5, 5.41) is 22.6. The minimum Gasteiger partial charge on any atom is -0.507 e. The molecule has 0 radical (unpaired) electrons. The van der Waals surface area contributed by atoms with Gasteiger partial charge in [0.05, 0.1) is 15.6 Å². The van der Waals surface area contributed by atoms with Gasteiger partial charge in [0.1, 0.15) is 11.3 Å². The number of carbonyl (C=O) groups is 2. The number of anilines is 1. The molecule has 2 rings (SSSR count). The van der Waals surface area contributed by atoms with Crippen molar-refractivity contribution in [3.63, 3.8) is 0 Å². The van der Waals surface area contributed by atoms with Gasteiger partial charge in [-0.05, 0) is 25.1 Å². The average Bonchev–Trinajstić information content (AvgIpc) is 2.56. The van der Waals surface area contributed by atoms with Crippen LogP contribution in [-0.4, -0.2) is 28.0 Å². The lowest BCUT2D eigenvalue weighted by Gasteiger charge is -2.14. The van der Waals surface area contributed by atoms with E-state index in [0.717, 1.165) is 6.07 Å². The van der Waals surface area contributed by atoms with Crippen LogP contribution >= 0.6 is 11.6 Å². The Kier molecular flexibility index (Phi) is 5.56. The Hall–Kier alpha value is -3.13. The summed E-state index contributed by atoms with van der Waals surface area (Å²) in [5.41, 5.74) is -0.153. The minimum atomic E-state index is -1.18. The molecule has 0 aliphatic carbocycles. The molecule has 0 aliphatic heterocycles. The number of benzene rings is 2. The number of esters is 1. The topological polar surface area (TPSA) is 119 Å². The van der Waals surface area contributed by atoms with E-state index in [1.165, 1.54) is 37.3 Å². The molecule has 1 unspecified atom stereocenters. The highest BCUT2D eigenvalue weighted by Crippen LogP contribution is 2.27. The number of hydrogen-bond acceptors (Lipinski definition) is 6. The Morgan fingerprint density at radius 3 is 2.56 bits per heavy atom. The van der Waals surface area contributed by atoms with Crippen LogP contribution in [0.5, 0.6) is 5.75 Å². The van der Waals surface area contributed by atoms with Gasteiger partial charge in [0, 0.05) is 12.1 Å². The van der Waals surface area contributed by atoms with E-state index in [4.69, 9.17) is 16.3 Å². The van der Waals surface area contributed by atoms with Crippen LogP contribution in [0.2, 0.25) is 5.02 Å². The van der Waals surface area contributed by atoms with Gasteiger partial charge in [-0.25, -0.2) is 4.79 Å². The molecular formula is C16H13ClN2O6. The number of phenolic OH excluding ortho intramolecular Hbond substituents is 1. The zero-order chi connectivity index (χ0) is 18.6. The van der Waals surface area contributed by atoms with E-state index >= 15 is 0 Å². The first kappa shape index (κ1) is 18.2. The molecule has 0 spiro atoms. The molecular weight excluding hydrogens is 352 g/mol. The lowest BCUT2D eigenvalue weighted by atomic mass is 10.2. The maximum absolute atomic E-state index is 12.1. The van der Waals surface area contributed by atoms with Crippen LogP contribution in [0.4, 0.5) is 11.4 Å². The van der Waals surface area contributed by atoms with E-state index < -0.39 is 22.9 Å². The molecule has 0 heterocycles. The van der Waals surface area contributed by atoms with Gasteiger partial charge in [0.15, 0.2) is 6.10 Å². The average molecular weight is 365 g/mol. The van der Waals surface area contributed by atoms with Crippen LogP contribution in [0, 0.1) is 10.1 Å².